The predicted molar refractivity (Wildman–Crippen MR) is 82.0 cm³/mol. The molecule has 0 bridgehead atoms. The van der Waals surface area contributed by atoms with Gasteiger partial charge in [0.1, 0.15) is 5.75 Å². The summed E-state index contributed by atoms with van der Waals surface area (Å²) in [5.41, 5.74) is 0.316. The quantitative estimate of drug-likeness (QED) is 0.510. The molecule has 1 N–H and O–H groups in total. The first-order chi connectivity index (χ1) is 10.0. The van der Waals surface area contributed by atoms with E-state index in [9.17, 15) is 15.2 Å². The average molecular weight is 305 g/mol. The Kier molecular flexibility index (Phi) is 4.82. The van der Waals surface area contributed by atoms with Crippen molar-refractivity contribution in [1.29, 1.82) is 0 Å². The number of thioether (sulfide) groups is 1. The molecule has 110 valence electrons. The first-order valence-electron chi connectivity index (χ1n) is 6.30. The smallest absolute Gasteiger partial charge is 0.311 e. The van der Waals surface area contributed by atoms with Crippen molar-refractivity contribution >= 4 is 17.4 Å². The van der Waals surface area contributed by atoms with Gasteiger partial charge in [-0.1, -0.05) is 18.2 Å². The van der Waals surface area contributed by atoms with E-state index in [0.29, 0.717) is 11.3 Å². The molecule has 2 aromatic carbocycles. The van der Waals surface area contributed by atoms with Crippen molar-refractivity contribution in [1.82, 2.24) is 0 Å². The maximum atomic E-state index is 11.2. The van der Waals surface area contributed by atoms with Crippen LogP contribution in [0.3, 0.4) is 0 Å². The van der Waals surface area contributed by atoms with Crippen LogP contribution in [-0.4, -0.2) is 16.3 Å². The number of hydrogen-bond donors (Lipinski definition) is 1. The maximum absolute atomic E-state index is 11.2. The third kappa shape index (κ3) is 3.53. The summed E-state index contributed by atoms with van der Waals surface area (Å²) in [6, 6.07) is 11.8. The largest absolute Gasteiger partial charge is 0.449 e. The number of aliphatic hydroxyl groups excluding tert-OH is 1. The molecule has 0 saturated heterocycles. The molecule has 0 aliphatic rings. The van der Waals surface area contributed by atoms with E-state index in [4.69, 9.17) is 4.74 Å². The highest BCUT2D eigenvalue weighted by Gasteiger charge is 2.19. The van der Waals surface area contributed by atoms with Crippen LogP contribution in [0.5, 0.6) is 11.5 Å². The Balaban J connectivity index is 2.42. The Morgan fingerprint density at radius 1 is 1.24 bits per heavy atom. The first kappa shape index (κ1) is 15.3. The fourth-order valence-corrected chi connectivity index (χ4v) is 2.37. The van der Waals surface area contributed by atoms with E-state index >= 15 is 0 Å². The molecule has 0 radical (unpaired) electrons. The van der Waals surface area contributed by atoms with E-state index in [1.54, 1.807) is 19.1 Å². The number of nitro groups is 1. The van der Waals surface area contributed by atoms with Gasteiger partial charge >= 0.3 is 5.69 Å². The van der Waals surface area contributed by atoms with Crippen LogP contribution in [0.25, 0.3) is 0 Å². The van der Waals surface area contributed by atoms with E-state index in [1.807, 2.05) is 24.5 Å². The second-order valence-electron chi connectivity index (χ2n) is 4.41. The molecule has 0 spiro atoms. The van der Waals surface area contributed by atoms with Gasteiger partial charge in [0.15, 0.2) is 0 Å². The molecule has 2 rings (SSSR count). The number of nitrogens with zero attached hydrogens (tertiary/aromatic N) is 1. The fraction of sp³-hybridized carbons (Fsp3) is 0.200. The lowest BCUT2D eigenvalue weighted by Crippen LogP contribution is -1.98. The van der Waals surface area contributed by atoms with Gasteiger partial charge in [0.2, 0.25) is 5.75 Å². The fourth-order valence-electron chi connectivity index (χ4n) is 1.84. The summed E-state index contributed by atoms with van der Waals surface area (Å²) in [4.78, 5) is 11.6. The summed E-state index contributed by atoms with van der Waals surface area (Å²) in [6.45, 7) is 1.56. The van der Waals surface area contributed by atoms with Crippen LogP contribution in [0.4, 0.5) is 5.69 Å². The topological polar surface area (TPSA) is 72.6 Å². The summed E-state index contributed by atoms with van der Waals surface area (Å²) in [5.74, 6) is 0.726. The highest BCUT2D eigenvalue weighted by atomic mass is 32.2. The molecule has 21 heavy (non-hydrogen) atoms. The van der Waals surface area contributed by atoms with Gasteiger partial charge in [-0.25, -0.2) is 0 Å². The van der Waals surface area contributed by atoms with E-state index < -0.39 is 11.0 Å². The molecule has 0 aliphatic carbocycles. The number of para-hydroxylation sites is 1. The normalized spacial score (nSPS) is 12.0. The minimum absolute atomic E-state index is 0.158. The molecule has 0 aliphatic heterocycles. The highest BCUT2D eigenvalue weighted by Crippen LogP contribution is 2.37. The molecule has 0 amide bonds. The van der Waals surface area contributed by atoms with Crippen LogP contribution < -0.4 is 4.74 Å². The second-order valence-corrected chi connectivity index (χ2v) is 5.26. The van der Waals surface area contributed by atoms with Gasteiger partial charge in [-0.05, 0) is 36.9 Å². The van der Waals surface area contributed by atoms with Crippen molar-refractivity contribution in [2.24, 2.45) is 0 Å². The Hall–Kier alpha value is -2.05. The molecule has 2 aromatic rings. The molecule has 0 saturated carbocycles. The van der Waals surface area contributed by atoms with Gasteiger partial charge in [0.05, 0.1) is 11.0 Å². The number of nitro benzene ring substituents is 1. The van der Waals surface area contributed by atoms with Crippen LogP contribution in [-0.2, 0) is 0 Å². The molecule has 0 unspecified atom stereocenters. The van der Waals surface area contributed by atoms with Crippen LogP contribution in [0, 0.1) is 10.1 Å². The monoisotopic (exact) mass is 305 g/mol. The van der Waals surface area contributed by atoms with Gasteiger partial charge < -0.3 is 9.84 Å². The van der Waals surface area contributed by atoms with E-state index in [1.165, 1.54) is 23.9 Å². The van der Waals surface area contributed by atoms with Crippen molar-refractivity contribution in [2.75, 3.05) is 6.26 Å². The molecule has 0 aromatic heterocycles. The number of ether oxygens (including phenoxy) is 1. The lowest BCUT2D eigenvalue weighted by atomic mass is 10.1. The second kappa shape index (κ2) is 6.60. The van der Waals surface area contributed by atoms with Gasteiger partial charge in [0.25, 0.3) is 0 Å². The Bertz CT molecular complexity index is 658. The number of aliphatic hydroxyl groups is 1. The van der Waals surface area contributed by atoms with Gasteiger partial charge in [-0.2, -0.15) is 0 Å². The molecule has 5 nitrogen and oxygen atoms in total. The molecule has 0 fully saturated rings. The Morgan fingerprint density at radius 2 is 1.95 bits per heavy atom. The zero-order chi connectivity index (χ0) is 15.4. The number of benzene rings is 2. The molecular weight excluding hydrogens is 290 g/mol. The lowest BCUT2D eigenvalue weighted by Gasteiger charge is -2.11. The number of rotatable bonds is 5. The minimum atomic E-state index is -0.767. The third-order valence-electron chi connectivity index (χ3n) is 2.95. The summed E-state index contributed by atoms with van der Waals surface area (Å²) < 4.78 is 5.68. The van der Waals surface area contributed by atoms with Gasteiger partial charge in [-0.3, -0.25) is 10.1 Å². The van der Waals surface area contributed by atoms with Crippen molar-refractivity contribution < 1.29 is 14.8 Å². The average Bonchev–Trinajstić information content (AvgIpc) is 2.47. The lowest BCUT2D eigenvalue weighted by molar-refractivity contribution is -0.385. The summed E-state index contributed by atoms with van der Waals surface area (Å²) in [7, 11) is 0. The van der Waals surface area contributed by atoms with Crippen molar-refractivity contribution in [3.63, 3.8) is 0 Å². The molecule has 0 heterocycles. The predicted octanol–water partition coefficient (Wildman–Crippen LogP) is 4.16. The highest BCUT2D eigenvalue weighted by molar-refractivity contribution is 7.98. The first-order valence-corrected chi connectivity index (χ1v) is 7.52. The van der Waals surface area contributed by atoms with E-state index in [2.05, 4.69) is 0 Å². The Labute approximate surface area is 126 Å². The van der Waals surface area contributed by atoms with Crippen molar-refractivity contribution in [3.05, 3.63) is 58.1 Å². The number of hydrogen-bond acceptors (Lipinski definition) is 5. The summed E-state index contributed by atoms with van der Waals surface area (Å²) in [6.07, 6.45) is 1.14. The molecular formula is C15H15NO4S. The summed E-state index contributed by atoms with van der Waals surface area (Å²) in [5, 5.41) is 20.7. The SMILES string of the molecule is CSc1ccccc1Oc1ccc([C@H](C)O)cc1[N+](=O)[O-]. The van der Waals surface area contributed by atoms with E-state index in [-0.39, 0.29) is 11.4 Å². The van der Waals surface area contributed by atoms with Crippen molar-refractivity contribution in [2.45, 2.75) is 17.9 Å². The van der Waals surface area contributed by atoms with Crippen LogP contribution in [0.2, 0.25) is 0 Å². The maximum Gasteiger partial charge on any atom is 0.311 e. The van der Waals surface area contributed by atoms with Gasteiger partial charge in [-0.15, -0.1) is 11.8 Å². The molecule has 1 atom stereocenters. The minimum Gasteiger partial charge on any atom is -0.449 e. The van der Waals surface area contributed by atoms with Crippen LogP contribution in [0.1, 0.15) is 18.6 Å². The summed E-state index contributed by atoms with van der Waals surface area (Å²) >= 11 is 1.50. The van der Waals surface area contributed by atoms with E-state index in [0.717, 1.165) is 4.90 Å². The van der Waals surface area contributed by atoms with Gasteiger partial charge in [0, 0.05) is 11.0 Å². The molecule has 6 heteroatoms. The Morgan fingerprint density at radius 3 is 2.57 bits per heavy atom. The zero-order valence-electron chi connectivity index (χ0n) is 11.6. The zero-order valence-corrected chi connectivity index (χ0v) is 12.5. The van der Waals surface area contributed by atoms with Crippen LogP contribution in [0.15, 0.2) is 47.4 Å². The van der Waals surface area contributed by atoms with Crippen molar-refractivity contribution in [3.8, 4) is 11.5 Å². The third-order valence-corrected chi connectivity index (χ3v) is 3.73. The van der Waals surface area contributed by atoms with Crippen LogP contribution >= 0.6 is 11.8 Å². The standard InChI is InChI=1S/C15H15NO4S/c1-10(17)11-7-8-13(12(9-11)16(18)19)20-14-5-3-4-6-15(14)21-2/h3-10,17H,1-2H3/t10-/m0/s1.